The quantitative estimate of drug-likeness (QED) is 0.480. The molecule has 30 heavy (non-hydrogen) atoms. The van der Waals surface area contributed by atoms with Gasteiger partial charge in [0.1, 0.15) is 0 Å². The molecule has 0 aliphatic heterocycles. The van der Waals surface area contributed by atoms with E-state index in [1.807, 2.05) is 6.92 Å². The van der Waals surface area contributed by atoms with Crippen molar-refractivity contribution in [1.82, 2.24) is 0 Å². The van der Waals surface area contributed by atoms with Crippen LogP contribution in [0.1, 0.15) is 65.7 Å². The van der Waals surface area contributed by atoms with Crippen LogP contribution in [0.25, 0.3) is 0 Å². The van der Waals surface area contributed by atoms with Gasteiger partial charge < -0.3 is 14.6 Å². The van der Waals surface area contributed by atoms with Crippen molar-refractivity contribution in [3.63, 3.8) is 0 Å². The number of aliphatic hydroxyl groups excluding tert-OH is 1. The number of fused-ring (bicyclic) bond motifs is 5. The first-order chi connectivity index (χ1) is 14.2. The summed E-state index contributed by atoms with van der Waals surface area (Å²) in [5.41, 5.74) is -0.400. The molecule has 5 nitrogen and oxygen atoms in total. The number of ether oxygens (including phenoxy) is 2. The first-order valence-corrected chi connectivity index (χ1v) is 11.8. The zero-order chi connectivity index (χ0) is 21.7. The molecule has 0 unspecified atom stereocenters. The van der Waals surface area contributed by atoms with E-state index in [0.29, 0.717) is 30.8 Å². The lowest BCUT2D eigenvalue weighted by molar-refractivity contribution is -0.198. The zero-order valence-electron chi connectivity index (χ0n) is 18.2. The second-order valence-electron chi connectivity index (χ2n) is 9.97. The minimum Gasteiger partial charge on any atom is -0.504 e. The third-order valence-corrected chi connectivity index (χ3v) is 8.94. The number of carbonyl (C=O) groups is 2. The number of alkyl halides is 1. The average molecular weight is 437 g/mol. The van der Waals surface area contributed by atoms with Gasteiger partial charge in [-0.3, -0.25) is 4.79 Å². The predicted molar refractivity (Wildman–Crippen MR) is 114 cm³/mol. The van der Waals surface area contributed by atoms with Gasteiger partial charge in [-0.25, -0.2) is 4.79 Å². The van der Waals surface area contributed by atoms with Crippen LogP contribution in [0.5, 0.6) is 0 Å². The third kappa shape index (κ3) is 2.91. The molecule has 0 bridgehead atoms. The van der Waals surface area contributed by atoms with Crippen LogP contribution in [0, 0.1) is 28.6 Å². The Morgan fingerprint density at radius 3 is 2.67 bits per heavy atom. The summed E-state index contributed by atoms with van der Waals surface area (Å²) in [6.45, 7) is 6.94. The Kier molecular flexibility index (Phi) is 5.59. The maximum Gasteiger partial charge on any atom is 0.340 e. The van der Waals surface area contributed by atoms with Crippen molar-refractivity contribution in [3.05, 3.63) is 23.5 Å². The second kappa shape index (κ2) is 7.67. The summed E-state index contributed by atoms with van der Waals surface area (Å²) in [5.74, 6) is 0.363. The fraction of sp³-hybridized carbons (Fsp3) is 0.750. The van der Waals surface area contributed by atoms with E-state index in [1.165, 1.54) is 0 Å². The lowest BCUT2D eigenvalue weighted by Crippen LogP contribution is -2.59. The van der Waals surface area contributed by atoms with Gasteiger partial charge in [0.25, 0.3) is 0 Å². The van der Waals surface area contributed by atoms with E-state index in [0.717, 1.165) is 44.1 Å². The molecule has 3 saturated carbocycles. The average Bonchev–Trinajstić information content (AvgIpc) is 3.01. The molecular formula is C24H33ClO5. The van der Waals surface area contributed by atoms with Crippen LogP contribution in [-0.4, -0.2) is 35.1 Å². The normalized spacial score (nSPS) is 42.5. The smallest absolute Gasteiger partial charge is 0.340 e. The van der Waals surface area contributed by atoms with Crippen LogP contribution in [0.3, 0.4) is 0 Å². The summed E-state index contributed by atoms with van der Waals surface area (Å²) >= 11 is 5.76. The molecule has 0 aromatic heterocycles. The molecule has 6 heteroatoms. The lowest BCUT2D eigenvalue weighted by Gasteiger charge is -2.58. The number of rotatable bonds is 5. The highest BCUT2D eigenvalue weighted by Crippen LogP contribution is 2.68. The molecule has 6 atom stereocenters. The van der Waals surface area contributed by atoms with Gasteiger partial charge >= 0.3 is 5.97 Å². The summed E-state index contributed by atoms with van der Waals surface area (Å²) in [6, 6.07) is -0.160. The molecule has 0 heterocycles. The van der Waals surface area contributed by atoms with Gasteiger partial charge in [0, 0.05) is 17.4 Å². The van der Waals surface area contributed by atoms with Crippen LogP contribution in [-0.2, 0) is 19.1 Å². The van der Waals surface area contributed by atoms with E-state index >= 15 is 0 Å². The minimum absolute atomic E-state index is 0.132. The topological polar surface area (TPSA) is 72.8 Å². The highest BCUT2D eigenvalue weighted by molar-refractivity contribution is 6.17. The molecule has 4 aliphatic rings. The van der Waals surface area contributed by atoms with Crippen LogP contribution in [0.4, 0.5) is 0 Å². The van der Waals surface area contributed by atoms with E-state index in [2.05, 4.69) is 13.8 Å². The summed E-state index contributed by atoms with van der Waals surface area (Å²) in [5, 5.41) is 10.2. The summed E-state index contributed by atoms with van der Waals surface area (Å²) in [4.78, 5) is 25.2. The van der Waals surface area contributed by atoms with Gasteiger partial charge in [-0.2, -0.15) is 0 Å². The molecule has 0 radical (unpaired) electrons. The van der Waals surface area contributed by atoms with Crippen LogP contribution in [0.2, 0.25) is 0 Å². The van der Waals surface area contributed by atoms with Gasteiger partial charge in [-0.15, -0.1) is 0 Å². The standard InChI is InChI=1S/C24H33ClO5/c1-4-11-30-24(21(28)29-14-25)10-8-18-16-6-5-15-12-19(26)20(27)13-22(15,2)17(16)7-9-23(18,24)3/h12-13,16-18,27H,4-11,14H2,1-3H3/t16-,17+,18+,22+,23+,24+/m1/s1. The van der Waals surface area contributed by atoms with Crippen molar-refractivity contribution in [2.75, 3.05) is 12.7 Å². The summed E-state index contributed by atoms with van der Waals surface area (Å²) in [7, 11) is 0. The number of ketones is 1. The van der Waals surface area contributed by atoms with E-state index in [1.54, 1.807) is 12.2 Å². The summed E-state index contributed by atoms with van der Waals surface area (Å²) < 4.78 is 11.6. The molecule has 0 amide bonds. The monoisotopic (exact) mass is 436 g/mol. The molecule has 0 aromatic carbocycles. The van der Waals surface area contributed by atoms with Crippen molar-refractivity contribution in [3.8, 4) is 0 Å². The van der Waals surface area contributed by atoms with Crippen molar-refractivity contribution in [2.45, 2.75) is 71.3 Å². The lowest BCUT2D eigenvalue weighted by atomic mass is 9.47. The molecule has 0 aromatic rings. The largest absolute Gasteiger partial charge is 0.504 e. The summed E-state index contributed by atoms with van der Waals surface area (Å²) in [6.07, 6.45) is 9.50. The Hall–Kier alpha value is -1.33. The van der Waals surface area contributed by atoms with Crippen molar-refractivity contribution in [1.29, 1.82) is 0 Å². The van der Waals surface area contributed by atoms with Gasteiger partial charge in [0.05, 0.1) is 0 Å². The van der Waals surface area contributed by atoms with Gasteiger partial charge in [0.15, 0.2) is 17.4 Å². The number of hydrogen-bond donors (Lipinski definition) is 1. The highest BCUT2D eigenvalue weighted by Gasteiger charge is 2.68. The number of esters is 1. The molecule has 166 valence electrons. The maximum atomic E-state index is 13.1. The van der Waals surface area contributed by atoms with Crippen LogP contribution >= 0.6 is 11.6 Å². The Morgan fingerprint density at radius 2 is 1.97 bits per heavy atom. The second-order valence-corrected chi connectivity index (χ2v) is 10.2. The van der Waals surface area contributed by atoms with E-state index in [9.17, 15) is 14.7 Å². The van der Waals surface area contributed by atoms with E-state index < -0.39 is 5.60 Å². The highest BCUT2D eigenvalue weighted by atomic mass is 35.5. The molecule has 4 aliphatic carbocycles. The molecule has 3 fully saturated rings. The minimum atomic E-state index is -0.939. The Balaban J connectivity index is 1.69. The predicted octanol–water partition coefficient (Wildman–Crippen LogP) is 5.08. The first kappa shape index (κ1) is 21.9. The Labute approximate surface area is 183 Å². The Bertz CT molecular complexity index is 803. The van der Waals surface area contributed by atoms with Crippen LogP contribution < -0.4 is 0 Å². The number of halogens is 1. The third-order valence-electron chi connectivity index (χ3n) is 8.83. The molecule has 0 saturated heterocycles. The number of allylic oxidation sites excluding steroid dienone is 3. The van der Waals surface area contributed by atoms with Crippen LogP contribution in [0.15, 0.2) is 23.5 Å². The number of aliphatic hydroxyl groups is 1. The fourth-order valence-electron chi connectivity index (χ4n) is 7.35. The zero-order valence-corrected chi connectivity index (χ0v) is 19.0. The molecule has 4 rings (SSSR count). The van der Waals surface area contributed by atoms with Crippen molar-refractivity contribution >= 4 is 23.4 Å². The van der Waals surface area contributed by atoms with E-state index in [4.69, 9.17) is 21.1 Å². The number of hydrogen-bond acceptors (Lipinski definition) is 5. The van der Waals surface area contributed by atoms with Gasteiger partial charge in [-0.1, -0.05) is 37.9 Å². The fourth-order valence-corrected chi connectivity index (χ4v) is 7.45. The van der Waals surface area contributed by atoms with Crippen molar-refractivity contribution < 1.29 is 24.2 Å². The Morgan fingerprint density at radius 1 is 1.23 bits per heavy atom. The maximum absolute atomic E-state index is 13.1. The molecular weight excluding hydrogens is 404 g/mol. The number of carbonyl (C=O) groups excluding carboxylic acids is 2. The van der Waals surface area contributed by atoms with Crippen molar-refractivity contribution in [2.24, 2.45) is 28.6 Å². The van der Waals surface area contributed by atoms with Gasteiger partial charge in [0.2, 0.25) is 5.78 Å². The molecule has 1 N–H and O–H groups in total. The molecule has 0 spiro atoms. The first-order valence-electron chi connectivity index (χ1n) is 11.3. The SMILES string of the molecule is CCCO[C@]1(C(=O)OCCl)CC[C@H]2[C@@H]3CCC4=CC(=O)C(O)=C[C@]4(C)[C@H]3CC[C@@]21C. The van der Waals surface area contributed by atoms with Gasteiger partial charge in [-0.05, 0) is 74.9 Å². The van der Waals surface area contributed by atoms with E-state index in [-0.39, 0.29) is 34.4 Å².